The molecule has 7 heteroatoms. The van der Waals surface area contributed by atoms with Crippen molar-refractivity contribution in [3.63, 3.8) is 0 Å². The molecule has 5 nitrogen and oxygen atoms in total. The van der Waals surface area contributed by atoms with Gasteiger partial charge in [0, 0.05) is 23.1 Å². The second-order valence-corrected chi connectivity index (χ2v) is 8.71. The summed E-state index contributed by atoms with van der Waals surface area (Å²) in [5, 5.41) is 0. The standard InChI is InChI=1S/C15H20BrNO4S/c1-10(2)12-4-3-5-17(12)22(18,19)15-9-14-13(8-11(15)16)20-6-7-21-14/h8-10,12H,3-7H2,1-2H3. The molecule has 0 aliphatic carbocycles. The Balaban J connectivity index is 2.02. The Bertz CT molecular complexity index is 674. The van der Waals surface area contributed by atoms with Crippen LogP contribution in [0.25, 0.3) is 0 Å². The van der Waals surface area contributed by atoms with Gasteiger partial charge in [0.25, 0.3) is 0 Å². The minimum absolute atomic E-state index is 0.0603. The maximum Gasteiger partial charge on any atom is 0.244 e. The monoisotopic (exact) mass is 389 g/mol. The molecule has 2 aliphatic heterocycles. The van der Waals surface area contributed by atoms with Crippen LogP contribution in [-0.2, 0) is 10.0 Å². The van der Waals surface area contributed by atoms with E-state index < -0.39 is 10.0 Å². The molecule has 22 heavy (non-hydrogen) atoms. The summed E-state index contributed by atoms with van der Waals surface area (Å²) in [5.41, 5.74) is 0. The zero-order valence-corrected chi connectivity index (χ0v) is 15.1. The SMILES string of the molecule is CC(C)C1CCCN1S(=O)(=O)c1cc2c(cc1Br)OCCO2. The minimum Gasteiger partial charge on any atom is -0.486 e. The van der Waals surface area contributed by atoms with Crippen LogP contribution in [0, 0.1) is 5.92 Å². The van der Waals surface area contributed by atoms with Gasteiger partial charge in [0.2, 0.25) is 10.0 Å². The first kappa shape index (κ1) is 16.1. The van der Waals surface area contributed by atoms with Gasteiger partial charge in [0.1, 0.15) is 18.1 Å². The van der Waals surface area contributed by atoms with Crippen LogP contribution in [0.1, 0.15) is 26.7 Å². The van der Waals surface area contributed by atoms with Crippen LogP contribution in [0.5, 0.6) is 11.5 Å². The Morgan fingerprint density at radius 3 is 2.50 bits per heavy atom. The van der Waals surface area contributed by atoms with Gasteiger partial charge >= 0.3 is 0 Å². The van der Waals surface area contributed by atoms with E-state index in [0.717, 1.165) is 12.8 Å². The summed E-state index contributed by atoms with van der Waals surface area (Å²) in [7, 11) is -3.55. The normalized spacial score (nSPS) is 22.3. The van der Waals surface area contributed by atoms with Gasteiger partial charge in [-0.15, -0.1) is 0 Å². The molecule has 0 aromatic heterocycles. The molecular weight excluding hydrogens is 370 g/mol. The van der Waals surface area contributed by atoms with Crippen LogP contribution in [0.15, 0.2) is 21.5 Å². The van der Waals surface area contributed by atoms with Crippen LogP contribution in [0.3, 0.4) is 0 Å². The van der Waals surface area contributed by atoms with E-state index in [1.54, 1.807) is 16.4 Å². The van der Waals surface area contributed by atoms with Crippen molar-refractivity contribution in [1.29, 1.82) is 0 Å². The molecule has 0 N–H and O–H groups in total. The lowest BCUT2D eigenvalue weighted by molar-refractivity contribution is 0.171. The first-order chi connectivity index (χ1) is 10.4. The van der Waals surface area contributed by atoms with Gasteiger partial charge in [0.05, 0.1) is 0 Å². The van der Waals surface area contributed by atoms with Gasteiger partial charge < -0.3 is 9.47 Å². The van der Waals surface area contributed by atoms with E-state index >= 15 is 0 Å². The summed E-state index contributed by atoms with van der Waals surface area (Å²) in [4.78, 5) is 0.254. The average molecular weight is 390 g/mol. The van der Waals surface area contributed by atoms with Crippen molar-refractivity contribution in [3.8, 4) is 11.5 Å². The number of nitrogens with zero attached hydrogens (tertiary/aromatic N) is 1. The molecule has 1 saturated heterocycles. The summed E-state index contributed by atoms with van der Waals surface area (Å²) in [5.74, 6) is 1.38. The van der Waals surface area contributed by atoms with Gasteiger partial charge in [-0.1, -0.05) is 13.8 Å². The van der Waals surface area contributed by atoms with Crippen LogP contribution in [-0.4, -0.2) is 38.5 Å². The number of rotatable bonds is 3. The predicted molar refractivity (Wildman–Crippen MR) is 86.9 cm³/mol. The molecule has 1 atom stereocenters. The summed E-state index contributed by atoms with van der Waals surface area (Å²) in [6.45, 7) is 5.63. The zero-order chi connectivity index (χ0) is 15.9. The third-order valence-corrected chi connectivity index (χ3v) is 7.08. The quantitative estimate of drug-likeness (QED) is 0.796. The number of sulfonamides is 1. The number of fused-ring (bicyclic) bond motifs is 1. The van der Waals surface area contributed by atoms with Crippen LogP contribution in [0.2, 0.25) is 0 Å². The first-order valence-electron chi connectivity index (χ1n) is 7.52. The van der Waals surface area contributed by atoms with E-state index in [1.165, 1.54) is 0 Å². The van der Waals surface area contributed by atoms with E-state index in [0.29, 0.717) is 41.6 Å². The maximum atomic E-state index is 13.1. The zero-order valence-electron chi connectivity index (χ0n) is 12.7. The third-order valence-electron chi connectivity index (χ3n) is 4.20. The summed E-state index contributed by atoms with van der Waals surface area (Å²) in [6, 6.07) is 3.32. The highest BCUT2D eigenvalue weighted by atomic mass is 79.9. The van der Waals surface area contributed by atoms with Crippen molar-refractivity contribution in [3.05, 3.63) is 16.6 Å². The molecule has 0 spiro atoms. The van der Waals surface area contributed by atoms with E-state index in [1.807, 2.05) is 0 Å². The molecule has 122 valence electrons. The summed E-state index contributed by atoms with van der Waals surface area (Å²) in [6.07, 6.45) is 1.82. The van der Waals surface area contributed by atoms with Crippen molar-refractivity contribution in [2.24, 2.45) is 5.92 Å². The third kappa shape index (κ3) is 2.74. The van der Waals surface area contributed by atoms with Crippen molar-refractivity contribution in [2.75, 3.05) is 19.8 Å². The lowest BCUT2D eigenvalue weighted by Gasteiger charge is -2.28. The van der Waals surface area contributed by atoms with Gasteiger partial charge in [-0.05, 0) is 40.8 Å². The Morgan fingerprint density at radius 2 is 1.86 bits per heavy atom. The minimum atomic E-state index is -3.55. The number of hydrogen-bond donors (Lipinski definition) is 0. The fraction of sp³-hybridized carbons (Fsp3) is 0.600. The molecular formula is C15H20BrNO4S. The molecule has 0 amide bonds. The highest BCUT2D eigenvalue weighted by Gasteiger charge is 2.38. The smallest absolute Gasteiger partial charge is 0.244 e. The highest BCUT2D eigenvalue weighted by molar-refractivity contribution is 9.10. The Labute approximate surface area is 139 Å². The molecule has 3 rings (SSSR count). The lowest BCUT2D eigenvalue weighted by Crippen LogP contribution is -2.38. The van der Waals surface area contributed by atoms with Crippen molar-refractivity contribution < 1.29 is 17.9 Å². The fourth-order valence-electron chi connectivity index (χ4n) is 3.10. The van der Waals surface area contributed by atoms with E-state index in [4.69, 9.17) is 9.47 Å². The molecule has 0 bridgehead atoms. The van der Waals surface area contributed by atoms with Crippen molar-refractivity contribution >= 4 is 26.0 Å². The summed E-state index contributed by atoms with van der Waals surface area (Å²) < 4.78 is 39.3. The number of benzene rings is 1. The molecule has 0 radical (unpaired) electrons. The Kier molecular flexibility index (Phi) is 4.40. The fourth-order valence-corrected chi connectivity index (χ4v) is 5.92. The lowest BCUT2D eigenvalue weighted by atomic mass is 10.0. The van der Waals surface area contributed by atoms with Crippen LogP contribution < -0.4 is 9.47 Å². The molecule has 1 unspecified atom stereocenters. The van der Waals surface area contributed by atoms with Crippen LogP contribution in [0.4, 0.5) is 0 Å². The van der Waals surface area contributed by atoms with Crippen molar-refractivity contribution in [2.45, 2.75) is 37.6 Å². The van der Waals surface area contributed by atoms with E-state index in [2.05, 4.69) is 29.8 Å². The van der Waals surface area contributed by atoms with Gasteiger partial charge in [-0.3, -0.25) is 0 Å². The molecule has 2 aliphatic rings. The first-order valence-corrected chi connectivity index (χ1v) is 9.75. The van der Waals surface area contributed by atoms with Gasteiger partial charge in [-0.2, -0.15) is 4.31 Å². The maximum absolute atomic E-state index is 13.1. The van der Waals surface area contributed by atoms with Gasteiger partial charge in [0.15, 0.2) is 11.5 Å². The molecule has 0 saturated carbocycles. The molecule has 1 fully saturated rings. The summed E-state index contributed by atoms with van der Waals surface area (Å²) >= 11 is 3.37. The predicted octanol–water partition coefficient (Wildman–Crippen LogP) is 3.03. The number of ether oxygens (including phenoxy) is 2. The van der Waals surface area contributed by atoms with Gasteiger partial charge in [-0.25, -0.2) is 8.42 Å². The number of halogens is 1. The van der Waals surface area contributed by atoms with Crippen LogP contribution >= 0.6 is 15.9 Å². The molecule has 2 heterocycles. The van der Waals surface area contributed by atoms with E-state index in [9.17, 15) is 8.42 Å². The Hall–Kier alpha value is -0.790. The second kappa shape index (κ2) is 6.02. The Morgan fingerprint density at radius 1 is 1.23 bits per heavy atom. The van der Waals surface area contributed by atoms with Crippen molar-refractivity contribution in [1.82, 2.24) is 4.31 Å². The second-order valence-electron chi connectivity index (χ2n) is 6.00. The molecule has 1 aromatic carbocycles. The number of hydrogen-bond acceptors (Lipinski definition) is 4. The topological polar surface area (TPSA) is 55.8 Å². The highest BCUT2D eigenvalue weighted by Crippen LogP contribution is 2.40. The average Bonchev–Trinajstić information content (AvgIpc) is 2.96. The largest absolute Gasteiger partial charge is 0.486 e. The van der Waals surface area contributed by atoms with E-state index in [-0.39, 0.29) is 10.9 Å². The molecule has 1 aromatic rings.